The van der Waals surface area contributed by atoms with Crippen LogP contribution in [0.3, 0.4) is 0 Å². The van der Waals surface area contributed by atoms with Crippen molar-refractivity contribution in [3.05, 3.63) is 21.9 Å². The average Bonchev–Trinajstić information content (AvgIpc) is 2.93. The zero-order valence-electron chi connectivity index (χ0n) is 11.0. The zero-order chi connectivity index (χ0) is 13.7. The molecule has 1 aliphatic heterocycles. The molecule has 1 unspecified atom stereocenters. The molecule has 2 heterocycles. The maximum Gasteiger partial charge on any atom is 0.264 e. The molecule has 1 fully saturated rings. The SMILES string of the molecule is CCC1COCCN1C(=O)c1ccc(C#CCN)s1. The van der Waals surface area contributed by atoms with E-state index in [2.05, 4.69) is 18.8 Å². The predicted molar refractivity (Wildman–Crippen MR) is 76.2 cm³/mol. The molecule has 0 radical (unpaired) electrons. The van der Waals surface area contributed by atoms with Gasteiger partial charge in [-0.05, 0) is 18.6 Å². The summed E-state index contributed by atoms with van der Waals surface area (Å²) in [6.07, 6.45) is 0.914. The summed E-state index contributed by atoms with van der Waals surface area (Å²) in [5.74, 6) is 5.84. The fourth-order valence-corrected chi connectivity index (χ4v) is 2.90. The van der Waals surface area contributed by atoms with E-state index in [9.17, 15) is 4.79 Å². The Labute approximate surface area is 117 Å². The third-order valence-electron chi connectivity index (χ3n) is 3.09. The lowest BCUT2D eigenvalue weighted by atomic mass is 10.1. The van der Waals surface area contributed by atoms with E-state index in [1.165, 1.54) is 11.3 Å². The van der Waals surface area contributed by atoms with Crippen LogP contribution in [0.25, 0.3) is 0 Å². The number of nitrogens with zero attached hydrogens (tertiary/aromatic N) is 1. The van der Waals surface area contributed by atoms with Crippen LogP contribution in [-0.2, 0) is 4.74 Å². The van der Waals surface area contributed by atoms with Gasteiger partial charge >= 0.3 is 0 Å². The highest BCUT2D eigenvalue weighted by Crippen LogP contribution is 2.20. The maximum absolute atomic E-state index is 12.5. The summed E-state index contributed by atoms with van der Waals surface area (Å²) in [7, 11) is 0. The molecule has 1 aliphatic rings. The van der Waals surface area contributed by atoms with Gasteiger partial charge in [0.2, 0.25) is 0 Å². The Balaban J connectivity index is 2.12. The van der Waals surface area contributed by atoms with Gasteiger partial charge in [0.1, 0.15) is 0 Å². The molecule has 1 amide bonds. The minimum atomic E-state index is 0.0842. The van der Waals surface area contributed by atoms with Crippen LogP contribution in [0.4, 0.5) is 0 Å². The van der Waals surface area contributed by atoms with Crippen molar-refractivity contribution in [3.63, 3.8) is 0 Å². The Kier molecular flexibility index (Phi) is 4.97. The second kappa shape index (κ2) is 6.71. The third-order valence-corrected chi connectivity index (χ3v) is 4.08. The van der Waals surface area contributed by atoms with E-state index in [1.807, 2.05) is 17.0 Å². The van der Waals surface area contributed by atoms with E-state index in [4.69, 9.17) is 10.5 Å². The highest BCUT2D eigenvalue weighted by atomic mass is 32.1. The molecular formula is C14H18N2O2S. The van der Waals surface area contributed by atoms with Gasteiger partial charge in [0.05, 0.1) is 35.6 Å². The zero-order valence-corrected chi connectivity index (χ0v) is 11.8. The predicted octanol–water partition coefficient (Wildman–Crippen LogP) is 1.31. The van der Waals surface area contributed by atoms with Gasteiger partial charge in [-0.3, -0.25) is 4.79 Å². The van der Waals surface area contributed by atoms with Crippen molar-refractivity contribution in [2.75, 3.05) is 26.3 Å². The molecule has 2 N–H and O–H groups in total. The first kappa shape index (κ1) is 14.1. The van der Waals surface area contributed by atoms with E-state index in [0.29, 0.717) is 26.3 Å². The van der Waals surface area contributed by atoms with Crippen molar-refractivity contribution in [2.24, 2.45) is 5.73 Å². The number of carbonyl (C=O) groups is 1. The Morgan fingerprint density at radius 3 is 3.21 bits per heavy atom. The molecule has 102 valence electrons. The van der Waals surface area contributed by atoms with E-state index in [0.717, 1.165) is 16.2 Å². The fourth-order valence-electron chi connectivity index (χ4n) is 2.06. The van der Waals surface area contributed by atoms with Crippen molar-refractivity contribution >= 4 is 17.2 Å². The number of amides is 1. The fraction of sp³-hybridized carbons (Fsp3) is 0.500. The van der Waals surface area contributed by atoms with Crippen LogP contribution in [0.5, 0.6) is 0 Å². The summed E-state index contributed by atoms with van der Waals surface area (Å²) in [6, 6.07) is 3.90. The van der Waals surface area contributed by atoms with Crippen molar-refractivity contribution in [1.82, 2.24) is 4.90 Å². The number of morpholine rings is 1. The first-order chi connectivity index (χ1) is 9.26. The van der Waals surface area contributed by atoms with Gasteiger partial charge in [-0.15, -0.1) is 11.3 Å². The molecule has 0 bridgehead atoms. The van der Waals surface area contributed by atoms with Gasteiger partial charge in [-0.25, -0.2) is 0 Å². The van der Waals surface area contributed by atoms with Crippen LogP contribution in [0.15, 0.2) is 12.1 Å². The number of hydrogen-bond acceptors (Lipinski definition) is 4. The number of nitrogens with two attached hydrogens (primary N) is 1. The second-order valence-corrected chi connectivity index (χ2v) is 5.39. The summed E-state index contributed by atoms with van der Waals surface area (Å²) >= 11 is 1.43. The van der Waals surface area contributed by atoms with Gasteiger partial charge in [-0.1, -0.05) is 18.8 Å². The van der Waals surface area contributed by atoms with Crippen molar-refractivity contribution < 1.29 is 9.53 Å². The van der Waals surface area contributed by atoms with E-state index >= 15 is 0 Å². The summed E-state index contributed by atoms with van der Waals surface area (Å²) < 4.78 is 5.42. The molecule has 1 saturated heterocycles. The highest BCUT2D eigenvalue weighted by Gasteiger charge is 2.27. The molecule has 0 aliphatic carbocycles. The number of thiophene rings is 1. The number of ether oxygens (including phenoxy) is 1. The minimum Gasteiger partial charge on any atom is -0.377 e. The Morgan fingerprint density at radius 2 is 2.47 bits per heavy atom. The maximum atomic E-state index is 12.5. The van der Waals surface area contributed by atoms with Gasteiger partial charge in [0.25, 0.3) is 5.91 Å². The molecule has 4 nitrogen and oxygen atoms in total. The van der Waals surface area contributed by atoms with E-state index in [-0.39, 0.29) is 11.9 Å². The van der Waals surface area contributed by atoms with Crippen LogP contribution in [0.2, 0.25) is 0 Å². The summed E-state index contributed by atoms with van der Waals surface area (Å²) in [6.45, 7) is 4.33. The van der Waals surface area contributed by atoms with Crippen LogP contribution in [0.1, 0.15) is 27.9 Å². The van der Waals surface area contributed by atoms with Crippen LogP contribution in [-0.4, -0.2) is 43.2 Å². The normalized spacial score (nSPS) is 18.8. The van der Waals surface area contributed by atoms with Crippen LogP contribution >= 0.6 is 11.3 Å². The lowest BCUT2D eigenvalue weighted by Crippen LogP contribution is -2.48. The largest absolute Gasteiger partial charge is 0.377 e. The van der Waals surface area contributed by atoms with Crippen molar-refractivity contribution in [3.8, 4) is 11.8 Å². The molecule has 1 atom stereocenters. The average molecular weight is 278 g/mol. The molecular weight excluding hydrogens is 260 g/mol. The Morgan fingerprint density at radius 1 is 1.63 bits per heavy atom. The summed E-state index contributed by atoms with van der Waals surface area (Å²) in [5, 5.41) is 0. The molecule has 1 aromatic rings. The van der Waals surface area contributed by atoms with Crippen molar-refractivity contribution in [2.45, 2.75) is 19.4 Å². The van der Waals surface area contributed by atoms with Crippen LogP contribution < -0.4 is 5.73 Å². The number of carbonyl (C=O) groups excluding carboxylic acids is 1. The lowest BCUT2D eigenvalue weighted by molar-refractivity contribution is -0.00253. The lowest BCUT2D eigenvalue weighted by Gasteiger charge is -2.34. The van der Waals surface area contributed by atoms with Gasteiger partial charge in [-0.2, -0.15) is 0 Å². The van der Waals surface area contributed by atoms with Crippen molar-refractivity contribution in [1.29, 1.82) is 0 Å². The van der Waals surface area contributed by atoms with Gasteiger partial charge in [0, 0.05) is 6.54 Å². The molecule has 2 rings (SSSR count). The second-order valence-electron chi connectivity index (χ2n) is 4.31. The van der Waals surface area contributed by atoms with Gasteiger partial charge in [0.15, 0.2) is 0 Å². The monoisotopic (exact) mass is 278 g/mol. The minimum absolute atomic E-state index is 0.0842. The molecule has 0 aromatic carbocycles. The van der Waals surface area contributed by atoms with Gasteiger partial charge < -0.3 is 15.4 Å². The Bertz CT molecular complexity index is 501. The summed E-state index contributed by atoms with van der Waals surface area (Å²) in [5.41, 5.74) is 5.34. The molecule has 1 aromatic heterocycles. The standard InChI is InChI=1S/C14H18N2O2S/c1-2-11-10-18-9-8-16(11)14(17)13-6-5-12(19-13)4-3-7-15/h5-6,11H,2,7-10,15H2,1H3. The smallest absolute Gasteiger partial charge is 0.264 e. The van der Waals surface area contributed by atoms with E-state index in [1.54, 1.807) is 0 Å². The molecule has 0 saturated carbocycles. The Hall–Kier alpha value is -1.35. The quantitative estimate of drug-likeness (QED) is 0.830. The number of rotatable bonds is 2. The molecule has 5 heteroatoms. The molecule has 0 spiro atoms. The molecule has 19 heavy (non-hydrogen) atoms. The first-order valence-corrected chi connectivity index (χ1v) is 7.25. The van der Waals surface area contributed by atoms with Crippen LogP contribution in [0, 0.1) is 11.8 Å². The third kappa shape index (κ3) is 3.35. The summed E-state index contributed by atoms with van der Waals surface area (Å²) in [4.78, 5) is 16.0. The topological polar surface area (TPSA) is 55.6 Å². The number of hydrogen-bond donors (Lipinski definition) is 1. The highest BCUT2D eigenvalue weighted by molar-refractivity contribution is 7.14. The van der Waals surface area contributed by atoms with E-state index < -0.39 is 0 Å². The first-order valence-electron chi connectivity index (χ1n) is 6.43.